The van der Waals surface area contributed by atoms with Crippen molar-refractivity contribution in [1.29, 1.82) is 0 Å². The van der Waals surface area contributed by atoms with Crippen molar-refractivity contribution in [2.24, 2.45) is 0 Å². The Morgan fingerprint density at radius 3 is 2.56 bits per heavy atom. The molecule has 0 saturated carbocycles. The lowest BCUT2D eigenvalue weighted by molar-refractivity contribution is 0.169. The summed E-state index contributed by atoms with van der Waals surface area (Å²) >= 11 is 0. The molecule has 0 aromatic carbocycles. The van der Waals surface area contributed by atoms with Gasteiger partial charge in [0, 0.05) is 13.1 Å². The molecule has 0 saturated heterocycles. The van der Waals surface area contributed by atoms with Gasteiger partial charge in [-0.25, -0.2) is 0 Å². The first kappa shape index (κ1) is 13.2. The Morgan fingerprint density at radius 1 is 1.38 bits per heavy atom. The van der Waals surface area contributed by atoms with E-state index in [1.807, 2.05) is 11.6 Å². The maximum Gasteiger partial charge on any atom is 0.0625 e. The molecular weight excluding hydrogens is 206 g/mol. The van der Waals surface area contributed by atoms with Crippen LogP contribution in [0, 0.1) is 0 Å². The van der Waals surface area contributed by atoms with Gasteiger partial charge in [-0.1, -0.05) is 6.92 Å². The highest BCUT2D eigenvalue weighted by molar-refractivity contribution is 5.10. The molecule has 3 N–H and O–H groups in total. The highest BCUT2D eigenvalue weighted by Crippen LogP contribution is 2.05. The van der Waals surface area contributed by atoms with E-state index in [-0.39, 0.29) is 19.3 Å². The Bertz CT molecular complexity index is 308. The molecule has 92 valence electrons. The number of rotatable bonds is 7. The van der Waals surface area contributed by atoms with E-state index in [0.29, 0.717) is 6.54 Å². The fourth-order valence-corrected chi connectivity index (χ4v) is 1.54. The summed E-state index contributed by atoms with van der Waals surface area (Å²) in [5, 5.41) is 25.4. The van der Waals surface area contributed by atoms with Crippen LogP contribution in [0.15, 0.2) is 6.07 Å². The molecule has 0 aliphatic rings. The topological polar surface area (TPSA) is 70.3 Å². The summed E-state index contributed by atoms with van der Waals surface area (Å²) < 4.78 is 1.94. The molecule has 5 heteroatoms. The molecular formula is C11H21N3O2. The van der Waals surface area contributed by atoms with Crippen LogP contribution in [0.3, 0.4) is 0 Å². The van der Waals surface area contributed by atoms with Gasteiger partial charge in [0.15, 0.2) is 0 Å². The van der Waals surface area contributed by atoms with Crippen LogP contribution < -0.4 is 5.32 Å². The zero-order valence-corrected chi connectivity index (χ0v) is 9.98. The summed E-state index contributed by atoms with van der Waals surface area (Å²) in [7, 11) is 0. The predicted octanol–water partition coefficient (Wildman–Crippen LogP) is -0.0918. The van der Waals surface area contributed by atoms with Gasteiger partial charge in [0.05, 0.1) is 30.6 Å². The molecule has 1 heterocycles. The van der Waals surface area contributed by atoms with E-state index in [2.05, 4.69) is 23.4 Å². The van der Waals surface area contributed by atoms with E-state index in [9.17, 15) is 0 Å². The second-order valence-corrected chi connectivity index (χ2v) is 3.74. The van der Waals surface area contributed by atoms with Crippen LogP contribution in [-0.4, -0.2) is 39.2 Å². The molecule has 0 atom stereocenters. The van der Waals surface area contributed by atoms with E-state index in [1.54, 1.807) is 0 Å². The number of aromatic nitrogens is 2. The third-order valence-electron chi connectivity index (χ3n) is 2.59. The highest BCUT2D eigenvalue weighted by atomic mass is 16.3. The van der Waals surface area contributed by atoms with Crippen molar-refractivity contribution in [2.45, 2.75) is 39.4 Å². The number of hydrogen-bond donors (Lipinski definition) is 3. The zero-order valence-electron chi connectivity index (χ0n) is 9.98. The normalized spacial score (nSPS) is 11.3. The van der Waals surface area contributed by atoms with Gasteiger partial charge in [-0.2, -0.15) is 5.10 Å². The summed E-state index contributed by atoms with van der Waals surface area (Å²) in [6.45, 7) is 5.46. The first-order valence-corrected chi connectivity index (χ1v) is 5.75. The van der Waals surface area contributed by atoms with Gasteiger partial charge < -0.3 is 15.5 Å². The lowest BCUT2D eigenvalue weighted by atomic mass is 10.3. The number of nitrogens with one attached hydrogen (secondary N) is 1. The molecule has 16 heavy (non-hydrogen) atoms. The molecule has 0 unspecified atom stereocenters. The van der Waals surface area contributed by atoms with E-state index >= 15 is 0 Å². The summed E-state index contributed by atoms with van der Waals surface area (Å²) in [4.78, 5) is 0. The quantitative estimate of drug-likeness (QED) is 0.609. The van der Waals surface area contributed by atoms with Gasteiger partial charge in [-0.05, 0) is 19.4 Å². The number of nitrogens with zero attached hydrogens (tertiary/aromatic N) is 2. The van der Waals surface area contributed by atoms with Gasteiger partial charge >= 0.3 is 0 Å². The maximum absolute atomic E-state index is 8.94. The van der Waals surface area contributed by atoms with Crippen molar-refractivity contribution in [3.8, 4) is 0 Å². The number of aryl methyl sites for hydroxylation is 2. The molecule has 0 aliphatic carbocycles. The molecule has 0 fully saturated rings. The standard InChI is InChI=1S/C11H21N3O2/c1-3-9-5-11(14(4-2)13-9)6-12-10(7-15)8-16/h5,10,12,15-16H,3-4,6-8H2,1-2H3. The SMILES string of the molecule is CCc1cc(CNC(CO)CO)n(CC)n1. The first-order chi connectivity index (χ1) is 7.74. The highest BCUT2D eigenvalue weighted by Gasteiger charge is 2.08. The van der Waals surface area contributed by atoms with Crippen LogP contribution in [0.4, 0.5) is 0 Å². The number of aliphatic hydroxyl groups excluding tert-OH is 2. The van der Waals surface area contributed by atoms with Crippen molar-refractivity contribution in [3.05, 3.63) is 17.5 Å². The van der Waals surface area contributed by atoms with Crippen LogP contribution in [0.1, 0.15) is 25.2 Å². The average Bonchev–Trinajstić information content (AvgIpc) is 2.73. The van der Waals surface area contributed by atoms with Crippen LogP contribution in [0.2, 0.25) is 0 Å². The van der Waals surface area contributed by atoms with E-state index < -0.39 is 0 Å². The fourth-order valence-electron chi connectivity index (χ4n) is 1.54. The molecule has 0 radical (unpaired) electrons. The molecule has 0 aliphatic heterocycles. The van der Waals surface area contributed by atoms with Crippen molar-refractivity contribution >= 4 is 0 Å². The number of aliphatic hydroxyl groups is 2. The summed E-state index contributed by atoms with van der Waals surface area (Å²) in [6, 6.07) is 1.80. The summed E-state index contributed by atoms with van der Waals surface area (Å²) in [5.74, 6) is 0. The molecule has 1 rings (SSSR count). The zero-order chi connectivity index (χ0) is 12.0. The lowest BCUT2D eigenvalue weighted by Crippen LogP contribution is -2.35. The van der Waals surface area contributed by atoms with Crippen LogP contribution in [0.25, 0.3) is 0 Å². The first-order valence-electron chi connectivity index (χ1n) is 5.75. The van der Waals surface area contributed by atoms with Gasteiger partial charge in [-0.3, -0.25) is 4.68 Å². The second-order valence-electron chi connectivity index (χ2n) is 3.74. The smallest absolute Gasteiger partial charge is 0.0625 e. The molecule has 1 aromatic heterocycles. The minimum absolute atomic E-state index is 0.0581. The van der Waals surface area contributed by atoms with Gasteiger partial charge in [0.25, 0.3) is 0 Å². The third-order valence-corrected chi connectivity index (χ3v) is 2.59. The third kappa shape index (κ3) is 3.30. The van der Waals surface area contributed by atoms with Crippen molar-refractivity contribution in [1.82, 2.24) is 15.1 Å². The monoisotopic (exact) mass is 227 g/mol. The van der Waals surface area contributed by atoms with Crippen molar-refractivity contribution in [3.63, 3.8) is 0 Å². The Labute approximate surface area is 96.1 Å². The van der Waals surface area contributed by atoms with Gasteiger partial charge in [0.1, 0.15) is 0 Å². The Hall–Kier alpha value is -0.910. The minimum Gasteiger partial charge on any atom is -0.395 e. The van der Waals surface area contributed by atoms with Crippen LogP contribution in [0.5, 0.6) is 0 Å². The Morgan fingerprint density at radius 2 is 2.06 bits per heavy atom. The molecule has 5 nitrogen and oxygen atoms in total. The van der Waals surface area contributed by atoms with E-state index in [1.165, 1.54) is 0 Å². The van der Waals surface area contributed by atoms with Gasteiger partial charge in [0.2, 0.25) is 0 Å². The van der Waals surface area contributed by atoms with E-state index in [4.69, 9.17) is 10.2 Å². The summed E-state index contributed by atoms with van der Waals surface area (Å²) in [6.07, 6.45) is 0.920. The predicted molar refractivity (Wildman–Crippen MR) is 62.1 cm³/mol. The molecule has 1 aromatic rings. The largest absolute Gasteiger partial charge is 0.395 e. The average molecular weight is 227 g/mol. The Kier molecular flexibility index (Phi) is 5.45. The lowest BCUT2D eigenvalue weighted by Gasteiger charge is -2.13. The van der Waals surface area contributed by atoms with Crippen molar-refractivity contribution < 1.29 is 10.2 Å². The minimum atomic E-state index is -0.259. The molecule has 0 bridgehead atoms. The van der Waals surface area contributed by atoms with Gasteiger partial charge in [-0.15, -0.1) is 0 Å². The number of hydrogen-bond acceptors (Lipinski definition) is 4. The van der Waals surface area contributed by atoms with Crippen molar-refractivity contribution in [2.75, 3.05) is 13.2 Å². The molecule has 0 spiro atoms. The fraction of sp³-hybridized carbons (Fsp3) is 0.727. The van der Waals surface area contributed by atoms with Crippen LogP contribution in [-0.2, 0) is 19.5 Å². The van der Waals surface area contributed by atoms with Crippen LogP contribution >= 0.6 is 0 Å². The summed E-state index contributed by atoms with van der Waals surface area (Å²) in [5.41, 5.74) is 2.16. The second kappa shape index (κ2) is 6.62. The molecule has 0 amide bonds. The van der Waals surface area contributed by atoms with E-state index in [0.717, 1.165) is 24.4 Å². The Balaban J connectivity index is 2.61. The maximum atomic E-state index is 8.94.